The molecule has 0 spiro atoms. The van der Waals surface area contributed by atoms with E-state index in [-0.39, 0.29) is 15.9 Å². The van der Waals surface area contributed by atoms with Crippen molar-refractivity contribution in [1.29, 1.82) is 0 Å². The SMILES string of the molecule is O=C(O)c1nc(Cl)c(Cl)cc1Nc1ccccc1. The summed E-state index contributed by atoms with van der Waals surface area (Å²) in [6.07, 6.45) is 0. The Balaban J connectivity index is 2.43. The van der Waals surface area contributed by atoms with Crippen molar-refractivity contribution in [2.45, 2.75) is 0 Å². The predicted molar refractivity (Wildman–Crippen MR) is 70.9 cm³/mol. The zero-order valence-electron chi connectivity index (χ0n) is 9.02. The van der Waals surface area contributed by atoms with E-state index in [0.717, 1.165) is 5.69 Å². The number of pyridine rings is 1. The van der Waals surface area contributed by atoms with Crippen molar-refractivity contribution in [3.8, 4) is 0 Å². The molecular formula is C12H8Cl2N2O2. The highest BCUT2D eigenvalue weighted by molar-refractivity contribution is 6.41. The summed E-state index contributed by atoms with van der Waals surface area (Å²) in [6, 6.07) is 10.5. The number of nitrogens with one attached hydrogen (secondary N) is 1. The predicted octanol–water partition coefficient (Wildman–Crippen LogP) is 3.83. The highest BCUT2D eigenvalue weighted by Crippen LogP contribution is 2.28. The molecule has 0 aliphatic rings. The van der Waals surface area contributed by atoms with Gasteiger partial charge in [-0.15, -0.1) is 0 Å². The first-order valence-electron chi connectivity index (χ1n) is 4.99. The summed E-state index contributed by atoms with van der Waals surface area (Å²) in [5.74, 6) is -1.17. The van der Waals surface area contributed by atoms with Crippen LogP contribution in [0.3, 0.4) is 0 Å². The molecule has 1 heterocycles. The fourth-order valence-corrected chi connectivity index (χ4v) is 1.69. The zero-order chi connectivity index (χ0) is 13.1. The Hall–Kier alpha value is -1.78. The molecule has 4 nitrogen and oxygen atoms in total. The number of aromatic nitrogens is 1. The second-order valence-electron chi connectivity index (χ2n) is 3.45. The molecule has 0 bridgehead atoms. The number of rotatable bonds is 3. The smallest absolute Gasteiger partial charge is 0.356 e. The third kappa shape index (κ3) is 2.72. The van der Waals surface area contributed by atoms with Gasteiger partial charge >= 0.3 is 5.97 Å². The molecule has 0 atom stereocenters. The van der Waals surface area contributed by atoms with Crippen molar-refractivity contribution >= 4 is 40.5 Å². The minimum Gasteiger partial charge on any atom is -0.476 e. The Kier molecular flexibility index (Phi) is 3.69. The first-order chi connectivity index (χ1) is 8.58. The molecule has 0 aliphatic heterocycles. The van der Waals surface area contributed by atoms with Gasteiger partial charge in [0.05, 0.1) is 10.7 Å². The van der Waals surface area contributed by atoms with E-state index in [0.29, 0.717) is 5.69 Å². The van der Waals surface area contributed by atoms with Gasteiger partial charge in [0.1, 0.15) is 5.15 Å². The van der Waals surface area contributed by atoms with Crippen molar-refractivity contribution < 1.29 is 9.90 Å². The van der Waals surface area contributed by atoms with E-state index in [1.165, 1.54) is 6.07 Å². The maximum atomic E-state index is 11.1. The van der Waals surface area contributed by atoms with Crippen LogP contribution in [0.2, 0.25) is 10.2 Å². The molecule has 1 aromatic heterocycles. The molecule has 0 amide bonds. The molecule has 2 aromatic rings. The standard InChI is InChI=1S/C12H8Cl2N2O2/c13-8-6-9(10(12(17)18)16-11(8)14)15-7-4-2-1-3-5-7/h1-6,15H,(H,17,18). The highest BCUT2D eigenvalue weighted by atomic mass is 35.5. The molecular weight excluding hydrogens is 275 g/mol. The summed E-state index contributed by atoms with van der Waals surface area (Å²) in [5.41, 5.74) is 0.858. The second kappa shape index (κ2) is 5.25. The summed E-state index contributed by atoms with van der Waals surface area (Å²) < 4.78 is 0. The average molecular weight is 283 g/mol. The topological polar surface area (TPSA) is 62.2 Å². The maximum absolute atomic E-state index is 11.1. The van der Waals surface area contributed by atoms with Crippen LogP contribution in [0, 0.1) is 0 Å². The van der Waals surface area contributed by atoms with Crippen molar-refractivity contribution in [2.24, 2.45) is 0 Å². The molecule has 0 saturated heterocycles. The van der Waals surface area contributed by atoms with Crippen LogP contribution in [0.5, 0.6) is 0 Å². The van der Waals surface area contributed by atoms with Crippen LogP contribution in [-0.2, 0) is 0 Å². The number of halogens is 2. The van der Waals surface area contributed by atoms with E-state index in [2.05, 4.69) is 10.3 Å². The largest absolute Gasteiger partial charge is 0.476 e. The quantitative estimate of drug-likeness (QED) is 0.840. The summed E-state index contributed by atoms with van der Waals surface area (Å²) >= 11 is 11.5. The number of nitrogens with zero attached hydrogens (tertiary/aromatic N) is 1. The Morgan fingerprint density at radius 3 is 2.50 bits per heavy atom. The summed E-state index contributed by atoms with van der Waals surface area (Å²) in [5, 5.41) is 12.2. The van der Waals surface area contributed by atoms with Gasteiger partial charge in [0.2, 0.25) is 0 Å². The lowest BCUT2D eigenvalue weighted by atomic mass is 10.2. The summed E-state index contributed by atoms with van der Waals surface area (Å²) in [6.45, 7) is 0. The summed E-state index contributed by atoms with van der Waals surface area (Å²) in [4.78, 5) is 14.8. The Bertz CT molecular complexity index is 588. The number of carbonyl (C=O) groups is 1. The van der Waals surface area contributed by atoms with E-state index in [1.807, 2.05) is 18.2 Å². The van der Waals surface area contributed by atoms with E-state index >= 15 is 0 Å². The first-order valence-corrected chi connectivity index (χ1v) is 5.75. The molecule has 0 saturated carbocycles. The first kappa shape index (κ1) is 12.7. The third-order valence-corrected chi connectivity index (χ3v) is 2.86. The Morgan fingerprint density at radius 2 is 1.89 bits per heavy atom. The molecule has 2 rings (SSSR count). The fraction of sp³-hybridized carbons (Fsp3) is 0. The van der Waals surface area contributed by atoms with Crippen molar-refractivity contribution in [1.82, 2.24) is 4.98 Å². The van der Waals surface area contributed by atoms with Crippen LogP contribution >= 0.6 is 23.2 Å². The molecule has 92 valence electrons. The number of carboxylic acid groups (broad SMARTS) is 1. The van der Waals surface area contributed by atoms with E-state index in [9.17, 15) is 4.79 Å². The van der Waals surface area contributed by atoms with Crippen molar-refractivity contribution in [3.05, 3.63) is 52.3 Å². The highest BCUT2D eigenvalue weighted by Gasteiger charge is 2.15. The second-order valence-corrected chi connectivity index (χ2v) is 4.22. The van der Waals surface area contributed by atoms with Gasteiger partial charge in [0.15, 0.2) is 5.69 Å². The third-order valence-electron chi connectivity index (χ3n) is 2.19. The molecule has 6 heteroatoms. The van der Waals surface area contributed by atoms with Gasteiger partial charge < -0.3 is 10.4 Å². The minimum atomic E-state index is -1.17. The summed E-state index contributed by atoms with van der Waals surface area (Å²) in [7, 11) is 0. The number of hydrogen-bond donors (Lipinski definition) is 2. The normalized spacial score (nSPS) is 10.1. The van der Waals surface area contributed by atoms with Gasteiger partial charge in [-0.2, -0.15) is 0 Å². The number of aromatic carboxylic acids is 1. The molecule has 2 N–H and O–H groups in total. The molecule has 1 aromatic carbocycles. The van der Waals surface area contributed by atoms with Gasteiger partial charge in [-0.05, 0) is 18.2 Å². The van der Waals surface area contributed by atoms with Gasteiger partial charge in [0, 0.05) is 5.69 Å². The molecule has 0 aliphatic carbocycles. The Labute approximate surface area is 113 Å². The maximum Gasteiger partial charge on any atom is 0.356 e. The van der Waals surface area contributed by atoms with Crippen LogP contribution in [0.4, 0.5) is 11.4 Å². The molecule has 0 unspecified atom stereocenters. The average Bonchev–Trinajstić information content (AvgIpc) is 2.34. The number of carboxylic acids is 1. The van der Waals surface area contributed by atoms with Crippen molar-refractivity contribution in [3.63, 3.8) is 0 Å². The van der Waals surface area contributed by atoms with Crippen molar-refractivity contribution in [2.75, 3.05) is 5.32 Å². The molecule has 0 fully saturated rings. The van der Waals surface area contributed by atoms with Crippen LogP contribution in [-0.4, -0.2) is 16.1 Å². The van der Waals surface area contributed by atoms with Crippen LogP contribution in [0.1, 0.15) is 10.5 Å². The van der Waals surface area contributed by atoms with Gasteiger partial charge in [0.25, 0.3) is 0 Å². The Morgan fingerprint density at radius 1 is 1.22 bits per heavy atom. The lowest BCUT2D eigenvalue weighted by Gasteiger charge is -2.10. The number of anilines is 2. The van der Waals surface area contributed by atoms with Gasteiger partial charge in [-0.3, -0.25) is 0 Å². The number of para-hydroxylation sites is 1. The zero-order valence-corrected chi connectivity index (χ0v) is 10.5. The number of benzene rings is 1. The van der Waals surface area contributed by atoms with E-state index < -0.39 is 5.97 Å². The fourth-order valence-electron chi connectivity index (χ4n) is 1.40. The lowest BCUT2D eigenvalue weighted by Crippen LogP contribution is -2.06. The molecule has 0 radical (unpaired) electrons. The minimum absolute atomic E-state index is 0.0346. The van der Waals surface area contributed by atoms with Crippen LogP contribution in [0.25, 0.3) is 0 Å². The van der Waals surface area contributed by atoms with Crippen LogP contribution in [0.15, 0.2) is 36.4 Å². The van der Waals surface area contributed by atoms with E-state index in [4.69, 9.17) is 28.3 Å². The van der Waals surface area contributed by atoms with Crippen LogP contribution < -0.4 is 5.32 Å². The number of hydrogen-bond acceptors (Lipinski definition) is 3. The molecule has 18 heavy (non-hydrogen) atoms. The van der Waals surface area contributed by atoms with E-state index in [1.54, 1.807) is 12.1 Å². The van der Waals surface area contributed by atoms with Gasteiger partial charge in [-0.25, -0.2) is 9.78 Å². The van der Waals surface area contributed by atoms with Gasteiger partial charge in [-0.1, -0.05) is 41.4 Å². The monoisotopic (exact) mass is 282 g/mol. The lowest BCUT2D eigenvalue weighted by molar-refractivity contribution is 0.0692.